The zero-order valence-corrected chi connectivity index (χ0v) is 25.2. The van der Waals surface area contributed by atoms with Gasteiger partial charge in [0.1, 0.15) is 11.4 Å². The molecular formula is C32H36N4O8. The summed E-state index contributed by atoms with van der Waals surface area (Å²) in [6.07, 6.45) is 1.52. The number of nitrogens with one attached hydrogen (secondary N) is 1. The maximum Gasteiger partial charge on any atom is 0.270 e. The summed E-state index contributed by atoms with van der Waals surface area (Å²) >= 11 is 0. The van der Waals surface area contributed by atoms with Gasteiger partial charge in [0.15, 0.2) is 34.7 Å². The van der Waals surface area contributed by atoms with Crippen LogP contribution in [0.1, 0.15) is 64.7 Å². The highest BCUT2D eigenvalue weighted by atomic mass is 16.3. The Morgan fingerprint density at radius 3 is 2.39 bits per heavy atom. The first-order valence-electron chi connectivity index (χ1n) is 14.4. The van der Waals surface area contributed by atoms with Crippen molar-refractivity contribution >= 4 is 34.9 Å². The summed E-state index contributed by atoms with van der Waals surface area (Å²) in [5.74, 6) is -11.5. The molecule has 0 aliphatic heterocycles. The Balaban J connectivity index is 1.62. The van der Waals surface area contributed by atoms with Crippen LogP contribution < -0.4 is 11.1 Å². The zero-order valence-electron chi connectivity index (χ0n) is 25.2. The van der Waals surface area contributed by atoms with E-state index in [-0.39, 0.29) is 36.4 Å². The molecular weight excluding hydrogens is 568 g/mol. The lowest BCUT2D eigenvalue weighted by Gasteiger charge is -2.52. The number of fused-ring (bicyclic) bond motifs is 3. The van der Waals surface area contributed by atoms with Crippen molar-refractivity contribution in [3.05, 3.63) is 58.4 Å². The summed E-state index contributed by atoms with van der Waals surface area (Å²) < 4.78 is 0. The van der Waals surface area contributed by atoms with Gasteiger partial charge in [0.2, 0.25) is 5.91 Å². The van der Waals surface area contributed by atoms with Crippen molar-refractivity contribution in [3.8, 4) is 5.75 Å². The maximum absolute atomic E-state index is 14.2. The summed E-state index contributed by atoms with van der Waals surface area (Å²) in [4.78, 5) is 85.7. The van der Waals surface area contributed by atoms with Gasteiger partial charge in [-0.3, -0.25) is 38.7 Å². The monoisotopic (exact) mass is 604 g/mol. The Hall–Kier alpha value is -4.29. The molecule has 2 aromatic rings. The van der Waals surface area contributed by atoms with Crippen LogP contribution in [-0.2, 0) is 37.6 Å². The molecule has 0 spiro atoms. The number of Topliss-reactive ketones (excluding diaryl/α,β-unsaturated/α-hetero) is 4. The van der Waals surface area contributed by atoms with E-state index in [2.05, 4.69) is 10.3 Å². The van der Waals surface area contributed by atoms with Gasteiger partial charge in [0.25, 0.3) is 5.91 Å². The number of ketones is 4. The number of nitrogens with zero attached hydrogens (tertiary/aromatic N) is 2. The summed E-state index contributed by atoms with van der Waals surface area (Å²) in [5, 5.41) is 26.1. The Morgan fingerprint density at radius 1 is 1.14 bits per heavy atom. The highest BCUT2D eigenvalue weighted by Crippen LogP contribution is 2.52. The number of phenols is 1. The lowest BCUT2D eigenvalue weighted by atomic mass is 9.52. The molecule has 12 nitrogen and oxygen atoms in total. The van der Waals surface area contributed by atoms with Gasteiger partial charge in [-0.05, 0) is 67.6 Å². The van der Waals surface area contributed by atoms with Crippen LogP contribution in [0.15, 0.2) is 30.5 Å². The number of amides is 2. The van der Waals surface area contributed by atoms with Crippen LogP contribution in [0.3, 0.4) is 0 Å². The quantitative estimate of drug-likeness (QED) is 0.349. The Labute approximate surface area is 254 Å². The SMILES string of the molecule is CN(C)[C@@H]1C(=O)C(C(N)=O)C(=O)[C@@]2(O)C(=O)C3C(=O)c4c(O)c(C(C)(C)C)cc(CNC(=O)c5ccccn5)c4CC3CC12. The summed E-state index contributed by atoms with van der Waals surface area (Å²) in [6.45, 7) is 5.50. The number of rotatable bonds is 5. The van der Waals surface area contributed by atoms with Gasteiger partial charge in [0.05, 0.1) is 17.5 Å². The summed E-state index contributed by atoms with van der Waals surface area (Å²) in [6, 6.07) is 5.46. The fourth-order valence-corrected chi connectivity index (χ4v) is 7.24. The number of primary amides is 1. The number of likely N-dealkylation sites (N-methyl/N-ethyl adjacent to an activating group) is 1. The number of hydrogen-bond acceptors (Lipinski definition) is 10. The van der Waals surface area contributed by atoms with Gasteiger partial charge >= 0.3 is 0 Å². The van der Waals surface area contributed by atoms with Gasteiger partial charge in [0, 0.05) is 24.2 Å². The van der Waals surface area contributed by atoms with E-state index in [4.69, 9.17) is 5.73 Å². The van der Waals surface area contributed by atoms with Crippen molar-refractivity contribution in [1.29, 1.82) is 0 Å². The highest BCUT2D eigenvalue weighted by molar-refractivity contribution is 6.32. The van der Waals surface area contributed by atoms with E-state index < -0.39 is 75.7 Å². The third kappa shape index (κ3) is 4.63. The number of carbonyl (C=O) groups is 6. The minimum absolute atomic E-state index is 0.00926. The van der Waals surface area contributed by atoms with Crippen molar-refractivity contribution in [2.45, 2.75) is 57.2 Å². The lowest BCUT2D eigenvalue weighted by molar-refractivity contribution is -0.181. The number of aromatic nitrogens is 1. The van der Waals surface area contributed by atoms with Gasteiger partial charge in [-0.1, -0.05) is 26.8 Å². The minimum Gasteiger partial charge on any atom is -0.507 e. The molecule has 2 saturated carbocycles. The molecule has 1 heterocycles. The van der Waals surface area contributed by atoms with Crippen LogP contribution >= 0.6 is 0 Å². The van der Waals surface area contributed by atoms with E-state index in [9.17, 15) is 39.0 Å². The number of carbonyl (C=O) groups excluding carboxylic acids is 6. The van der Waals surface area contributed by atoms with E-state index in [1.807, 2.05) is 20.8 Å². The third-order valence-corrected chi connectivity index (χ3v) is 9.30. The van der Waals surface area contributed by atoms with Gasteiger partial charge < -0.3 is 21.3 Å². The molecule has 232 valence electrons. The number of nitrogens with two attached hydrogens (primary N) is 1. The number of aliphatic hydroxyl groups is 1. The van der Waals surface area contributed by atoms with E-state index in [0.717, 1.165) is 0 Å². The molecule has 5 N–H and O–H groups in total. The first-order chi connectivity index (χ1) is 20.5. The van der Waals surface area contributed by atoms with E-state index >= 15 is 0 Å². The van der Waals surface area contributed by atoms with Crippen molar-refractivity contribution in [1.82, 2.24) is 15.2 Å². The molecule has 2 amide bonds. The molecule has 12 heteroatoms. The molecule has 2 fully saturated rings. The average molecular weight is 605 g/mol. The zero-order chi connectivity index (χ0) is 32.5. The Bertz CT molecular complexity index is 1610. The van der Waals surface area contributed by atoms with E-state index in [1.54, 1.807) is 24.3 Å². The molecule has 6 atom stereocenters. The number of phenolic OH excluding ortho intramolecular Hbond substituents is 1. The van der Waals surface area contributed by atoms with Crippen LogP contribution in [0.25, 0.3) is 0 Å². The molecule has 0 saturated heterocycles. The molecule has 3 aliphatic rings. The molecule has 44 heavy (non-hydrogen) atoms. The van der Waals surface area contributed by atoms with Gasteiger partial charge in [-0.15, -0.1) is 0 Å². The topological polar surface area (TPSA) is 197 Å². The van der Waals surface area contributed by atoms with Gasteiger partial charge in [-0.25, -0.2) is 0 Å². The minimum atomic E-state index is -2.80. The van der Waals surface area contributed by atoms with Crippen LogP contribution in [-0.4, -0.2) is 80.8 Å². The molecule has 1 aromatic carbocycles. The number of aromatic hydroxyl groups is 1. The highest BCUT2D eigenvalue weighted by Gasteiger charge is 2.69. The van der Waals surface area contributed by atoms with Crippen molar-refractivity contribution < 1.29 is 39.0 Å². The molecule has 5 rings (SSSR count). The largest absolute Gasteiger partial charge is 0.507 e. The number of benzene rings is 1. The second kappa shape index (κ2) is 10.7. The fourth-order valence-electron chi connectivity index (χ4n) is 7.24. The Morgan fingerprint density at radius 2 is 1.82 bits per heavy atom. The van der Waals surface area contributed by atoms with Crippen LogP contribution in [0.2, 0.25) is 0 Å². The molecule has 4 unspecified atom stereocenters. The van der Waals surface area contributed by atoms with Gasteiger partial charge in [-0.2, -0.15) is 0 Å². The van der Waals surface area contributed by atoms with Crippen molar-refractivity contribution in [2.24, 2.45) is 29.4 Å². The molecule has 0 bridgehead atoms. The smallest absolute Gasteiger partial charge is 0.270 e. The summed E-state index contributed by atoms with van der Waals surface area (Å²) in [5.41, 5.74) is 3.43. The predicted octanol–water partition coefficient (Wildman–Crippen LogP) is 0.490. The first-order valence-corrected chi connectivity index (χ1v) is 14.4. The number of hydrogen-bond donors (Lipinski definition) is 4. The number of pyridine rings is 1. The standard InChI is InChI=1S/C32H36N4O8/c1-31(2,3)18-12-15(13-35-30(43)19-8-6-7-9-34-19)16-10-14-11-17-23(36(4)5)26(39)22(29(33)42)28(41)32(17,44)27(40)20(14)25(38)21(16)24(18)37/h6-9,12,14,17,20,22-23,37,44H,10-11,13H2,1-5H3,(H2,33,42)(H,35,43)/t14?,17?,20?,22?,23-,32-/m0/s1. The van der Waals surface area contributed by atoms with Crippen LogP contribution in [0.5, 0.6) is 5.75 Å². The molecule has 1 aromatic heterocycles. The average Bonchev–Trinajstić information content (AvgIpc) is 2.93. The van der Waals surface area contributed by atoms with Crippen molar-refractivity contribution in [2.75, 3.05) is 14.1 Å². The molecule has 3 aliphatic carbocycles. The van der Waals surface area contributed by atoms with E-state index in [1.165, 1.54) is 25.2 Å². The normalized spacial score (nSPS) is 28.3. The van der Waals surface area contributed by atoms with Crippen LogP contribution in [0, 0.1) is 23.7 Å². The van der Waals surface area contributed by atoms with E-state index in [0.29, 0.717) is 16.7 Å². The second-order valence-corrected chi connectivity index (χ2v) is 13.2. The fraction of sp³-hybridized carbons (Fsp3) is 0.469. The predicted molar refractivity (Wildman–Crippen MR) is 155 cm³/mol. The first kappa shape index (κ1) is 31.1. The lowest BCUT2D eigenvalue weighted by Crippen LogP contribution is -2.74. The summed E-state index contributed by atoms with van der Waals surface area (Å²) in [7, 11) is 3.06. The molecule has 0 radical (unpaired) electrons. The maximum atomic E-state index is 14.2. The second-order valence-electron chi connectivity index (χ2n) is 13.2. The third-order valence-electron chi connectivity index (χ3n) is 9.30. The van der Waals surface area contributed by atoms with Crippen molar-refractivity contribution in [3.63, 3.8) is 0 Å². The Kier molecular flexibility index (Phi) is 7.58. The van der Waals surface area contributed by atoms with Crippen LogP contribution in [0.4, 0.5) is 0 Å².